The Morgan fingerprint density at radius 2 is 2.11 bits per heavy atom. The normalized spacial score (nSPS) is 17.6. The molecule has 2 rings (SSSR count). The molecule has 1 heterocycles. The Kier molecular flexibility index (Phi) is 9.11. The number of primary amides is 1. The highest BCUT2D eigenvalue weighted by atomic mass is 16.5. The van der Waals surface area contributed by atoms with Gasteiger partial charge in [0.15, 0.2) is 5.96 Å². The van der Waals surface area contributed by atoms with Crippen LogP contribution in [0.1, 0.15) is 45.6 Å². The van der Waals surface area contributed by atoms with Crippen molar-refractivity contribution in [1.29, 1.82) is 0 Å². The molecule has 1 amide bonds. The molecule has 1 aromatic carbocycles. The van der Waals surface area contributed by atoms with Gasteiger partial charge in [0.2, 0.25) is 5.91 Å². The first-order valence-corrected chi connectivity index (χ1v) is 10.5. The van der Waals surface area contributed by atoms with Gasteiger partial charge in [0.25, 0.3) is 0 Å². The van der Waals surface area contributed by atoms with Crippen LogP contribution in [0.15, 0.2) is 29.3 Å². The third-order valence-corrected chi connectivity index (χ3v) is 4.81. The van der Waals surface area contributed by atoms with Crippen molar-refractivity contribution in [3.63, 3.8) is 0 Å². The molecule has 1 aliphatic rings. The number of hydrogen-bond acceptors (Lipinski definition) is 3. The van der Waals surface area contributed by atoms with E-state index in [9.17, 15) is 4.79 Å². The van der Waals surface area contributed by atoms with Crippen LogP contribution in [0.25, 0.3) is 0 Å². The fourth-order valence-electron chi connectivity index (χ4n) is 3.44. The molecule has 1 saturated heterocycles. The number of nitrogens with two attached hydrogens (primary N) is 1. The molecular weight excluding hydrogens is 352 g/mol. The third kappa shape index (κ3) is 7.79. The Balaban J connectivity index is 1.88. The maximum absolute atomic E-state index is 11.2. The highest BCUT2D eigenvalue weighted by Crippen LogP contribution is 2.19. The van der Waals surface area contributed by atoms with Crippen LogP contribution in [-0.4, -0.2) is 49.6 Å². The Morgan fingerprint density at radius 1 is 1.36 bits per heavy atom. The number of carbonyl (C=O) groups is 1. The molecule has 0 bridgehead atoms. The molecule has 1 unspecified atom stereocenters. The van der Waals surface area contributed by atoms with Crippen LogP contribution >= 0.6 is 0 Å². The fraction of sp³-hybridized carbons (Fsp3) is 0.636. The number of nitrogens with one attached hydrogen (secondary N) is 1. The average Bonchev–Trinajstić information content (AvgIpc) is 2.66. The Morgan fingerprint density at radius 3 is 2.75 bits per heavy atom. The second kappa shape index (κ2) is 11.6. The third-order valence-electron chi connectivity index (χ3n) is 4.81. The molecule has 1 atom stereocenters. The lowest BCUT2D eigenvalue weighted by atomic mass is 9.95. The maximum Gasteiger partial charge on any atom is 0.217 e. The summed E-state index contributed by atoms with van der Waals surface area (Å²) in [7, 11) is 0. The molecule has 1 fully saturated rings. The van der Waals surface area contributed by atoms with Gasteiger partial charge in [-0.1, -0.05) is 26.0 Å². The first kappa shape index (κ1) is 22.1. The van der Waals surface area contributed by atoms with Gasteiger partial charge in [0, 0.05) is 32.6 Å². The zero-order valence-electron chi connectivity index (χ0n) is 17.6. The van der Waals surface area contributed by atoms with E-state index in [2.05, 4.69) is 43.1 Å². The number of piperidine rings is 1. The minimum atomic E-state index is -0.213. The molecule has 6 heteroatoms. The summed E-state index contributed by atoms with van der Waals surface area (Å²) < 4.78 is 5.74. The van der Waals surface area contributed by atoms with Crippen molar-refractivity contribution in [1.82, 2.24) is 10.2 Å². The zero-order valence-corrected chi connectivity index (χ0v) is 17.6. The molecule has 6 nitrogen and oxygen atoms in total. The number of nitrogens with zero attached hydrogens (tertiary/aromatic N) is 2. The minimum absolute atomic E-state index is 0.213. The van der Waals surface area contributed by atoms with Crippen LogP contribution in [0, 0.1) is 11.8 Å². The number of carbonyl (C=O) groups excluding carboxylic acids is 1. The van der Waals surface area contributed by atoms with Gasteiger partial charge < -0.3 is 20.7 Å². The van der Waals surface area contributed by atoms with Crippen molar-refractivity contribution < 1.29 is 9.53 Å². The van der Waals surface area contributed by atoms with Crippen molar-refractivity contribution in [3.8, 4) is 5.75 Å². The Bertz CT molecular complexity index is 628. The number of aliphatic imine (C=N–C) groups is 1. The standard InChI is InChI=1S/C22H36N4O2/c1-4-24-22(26-13-5-6-19(15-26)14-21(23)27)25-12-11-18-7-9-20(10-8-18)28-16-17(2)3/h7-10,17,19H,4-6,11-16H2,1-3H3,(H2,23,27)(H,24,25). The van der Waals surface area contributed by atoms with Crippen molar-refractivity contribution in [2.45, 2.75) is 46.5 Å². The van der Waals surface area contributed by atoms with Gasteiger partial charge in [-0.05, 0) is 55.7 Å². The molecule has 1 aliphatic heterocycles. The van der Waals surface area contributed by atoms with E-state index < -0.39 is 0 Å². The van der Waals surface area contributed by atoms with E-state index in [0.29, 0.717) is 18.3 Å². The van der Waals surface area contributed by atoms with E-state index in [1.807, 2.05) is 12.1 Å². The molecule has 1 aromatic rings. The van der Waals surface area contributed by atoms with Gasteiger partial charge in [-0.25, -0.2) is 0 Å². The van der Waals surface area contributed by atoms with E-state index in [1.165, 1.54) is 5.56 Å². The predicted molar refractivity (Wildman–Crippen MR) is 115 cm³/mol. The highest BCUT2D eigenvalue weighted by Gasteiger charge is 2.23. The van der Waals surface area contributed by atoms with Gasteiger partial charge in [0.05, 0.1) is 6.61 Å². The summed E-state index contributed by atoms with van der Waals surface area (Å²) in [4.78, 5) is 18.3. The van der Waals surface area contributed by atoms with Crippen LogP contribution in [0.4, 0.5) is 0 Å². The number of ether oxygens (including phenoxy) is 1. The van der Waals surface area contributed by atoms with E-state index in [1.54, 1.807) is 0 Å². The molecule has 0 saturated carbocycles. The summed E-state index contributed by atoms with van der Waals surface area (Å²) in [6.45, 7) is 10.5. The van der Waals surface area contributed by atoms with Crippen LogP contribution in [-0.2, 0) is 11.2 Å². The zero-order chi connectivity index (χ0) is 20.4. The maximum atomic E-state index is 11.2. The second-order valence-corrected chi connectivity index (χ2v) is 7.96. The molecule has 0 aromatic heterocycles. The molecule has 3 N–H and O–H groups in total. The van der Waals surface area contributed by atoms with E-state index in [-0.39, 0.29) is 5.91 Å². The molecule has 0 spiro atoms. The Hall–Kier alpha value is -2.24. The molecule has 28 heavy (non-hydrogen) atoms. The molecular formula is C22H36N4O2. The summed E-state index contributed by atoms with van der Waals surface area (Å²) in [5.41, 5.74) is 6.63. The van der Waals surface area contributed by atoms with Crippen molar-refractivity contribution in [2.24, 2.45) is 22.6 Å². The van der Waals surface area contributed by atoms with Gasteiger partial charge in [0.1, 0.15) is 5.75 Å². The highest BCUT2D eigenvalue weighted by molar-refractivity contribution is 5.80. The number of guanidine groups is 1. The summed E-state index contributed by atoms with van der Waals surface area (Å²) in [5, 5.41) is 3.39. The van der Waals surface area contributed by atoms with E-state index in [4.69, 9.17) is 15.5 Å². The first-order chi connectivity index (χ1) is 13.5. The van der Waals surface area contributed by atoms with Crippen molar-refractivity contribution in [3.05, 3.63) is 29.8 Å². The average molecular weight is 389 g/mol. The largest absolute Gasteiger partial charge is 0.493 e. The lowest BCUT2D eigenvalue weighted by Gasteiger charge is -2.34. The molecule has 156 valence electrons. The first-order valence-electron chi connectivity index (χ1n) is 10.5. The summed E-state index contributed by atoms with van der Waals surface area (Å²) >= 11 is 0. The van der Waals surface area contributed by atoms with E-state index in [0.717, 1.165) is 63.8 Å². The SMILES string of the molecule is CCNC(=NCCc1ccc(OCC(C)C)cc1)N1CCCC(CC(N)=O)C1. The van der Waals surface area contributed by atoms with Crippen LogP contribution in [0.2, 0.25) is 0 Å². The monoisotopic (exact) mass is 388 g/mol. The molecule has 0 radical (unpaired) electrons. The van der Waals surface area contributed by atoms with Crippen molar-refractivity contribution >= 4 is 11.9 Å². The van der Waals surface area contributed by atoms with Crippen LogP contribution in [0.3, 0.4) is 0 Å². The quantitative estimate of drug-likeness (QED) is 0.504. The van der Waals surface area contributed by atoms with Gasteiger partial charge in [-0.15, -0.1) is 0 Å². The number of hydrogen-bond donors (Lipinski definition) is 2. The lowest BCUT2D eigenvalue weighted by molar-refractivity contribution is -0.119. The van der Waals surface area contributed by atoms with Crippen LogP contribution < -0.4 is 15.8 Å². The smallest absolute Gasteiger partial charge is 0.217 e. The number of benzene rings is 1. The lowest BCUT2D eigenvalue weighted by Crippen LogP contribution is -2.47. The summed E-state index contributed by atoms with van der Waals surface area (Å²) in [5.74, 6) is 2.50. The predicted octanol–water partition coefficient (Wildman–Crippen LogP) is 2.82. The number of amides is 1. The van der Waals surface area contributed by atoms with Crippen molar-refractivity contribution in [2.75, 3.05) is 32.8 Å². The topological polar surface area (TPSA) is 80.0 Å². The summed E-state index contributed by atoms with van der Waals surface area (Å²) in [6.07, 6.45) is 3.48. The van der Waals surface area contributed by atoms with Gasteiger partial charge in [-0.3, -0.25) is 9.79 Å². The van der Waals surface area contributed by atoms with E-state index >= 15 is 0 Å². The Labute approximate surface area is 169 Å². The fourth-order valence-corrected chi connectivity index (χ4v) is 3.44. The molecule has 0 aliphatic carbocycles. The van der Waals surface area contributed by atoms with Gasteiger partial charge >= 0.3 is 0 Å². The number of likely N-dealkylation sites (tertiary alicyclic amines) is 1. The van der Waals surface area contributed by atoms with Crippen LogP contribution in [0.5, 0.6) is 5.75 Å². The number of rotatable bonds is 9. The minimum Gasteiger partial charge on any atom is -0.493 e. The second-order valence-electron chi connectivity index (χ2n) is 7.96. The van der Waals surface area contributed by atoms with Gasteiger partial charge in [-0.2, -0.15) is 0 Å². The summed E-state index contributed by atoms with van der Waals surface area (Å²) in [6, 6.07) is 8.29.